The lowest BCUT2D eigenvalue weighted by Crippen LogP contribution is -2.32. The van der Waals surface area contributed by atoms with Crippen LogP contribution >= 0.6 is 0 Å². The van der Waals surface area contributed by atoms with E-state index in [0.717, 1.165) is 0 Å². The minimum atomic E-state index is -0.669. The van der Waals surface area contributed by atoms with Gasteiger partial charge in [-0.3, -0.25) is 15.5 Å². The van der Waals surface area contributed by atoms with E-state index in [1.807, 2.05) is 0 Å². The summed E-state index contributed by atoms with van der Waals surface area (Å²) in [5, 5.41) is 18.2. The summed E-state index contributed by atoms with van der Waals surface area (Å²) < 4.78 is 10.3. The Morgan fingerprint density at radius 3 is 2.72 bits per heavy atom. The lowest BCUT2D eigenvalue weighted by Gasteiger charge is -2.16. The molecular weight excluding hydrogens is 238 g/mol. The molecule has 0 radical (unpaired) electrons. The lowest BCUT2D eigenvalue weighted by molar-refractivity contribution is -0.386. The Kier molecular flexibility index (Phi) is 4.47. The Labute approximate surface area is 104 Å². The molecule has 1 unspecified atom stereocenters. The first-order valence-electron chi connectivity index (χ1n) is 5.32. The summed E-state index contributed by atoms with van der Waals surface area (Å²) in [5.41, 5.74) is 5.13. The van der Waals surface area contributed by atoms with Crippen LogP contribution in [0.1, 0.15) is 13.3 Å². The molecule has 0 spiro atoms. The fourth-order valence-electron chi connectivity index (χ4n) is 1.39. The van der Waals surface area contributed by atoms with Crippen molar-refractivity contribution >= 4 is 11.5 Å². The van der Waals surface area contributed by atoms with Crippen LogP contribution in [0.25, 0.3) is 0 Å². The summed E-state index contributed by atoms with van der Waals surface area (Å²) in [5.74, 6) is 0.274. The molecule has 0 saturated carbocycles. The molecule has 1 aromatic carbocycles. The van der Waals surface area contributed by atoms with Crippen molar-refractivity contribution in [2.24, 2.45) is 5.73 Å². The maximum Gasteiger partial charge on any atom is 0.314 e. The predicted octanol–water partition coefficient (Wildman–Crippen LogP) is 1.70. The summed E-state index contributed by atoms with van der Waals surface area (Å²) in [4.78, 5) is 10.3. The number of methoxy groups -OCH3 is 1. The van der Waals surface area contributed by atoms with Crippen LogP contribution in [-0.4, -0.2) is 24.0 Å². The fourth-order valence-corrected chi connectivity index (χ4v) is 1.39. The highest BCUT2D eigenvalue weighted by atomic mass is 16.6. The first kappa shape index (κ1) is 13.8. The Morgan fingerprint density at radius 1 is 1.61 bits per heavy atom. The predicted molar refractivity (Wildman–Crippen MR) is 66.3 cm³/mol. The van der Waals surface area contributed by atoms with E-state index in [-0.39, 0.29) is 17.3 Å². The van der Waals surface area contributed by atoms with Gasteiger partial charge in [-0.25, -0.2) is 0 Å². The number of ether oxygens (including phenoxy) is 2. The summed E-state index contributed by atoms with van der Waals surface area (Å²) in [6.45, 7) is 1.78. The molecule has 1 aromatic rings. The molecule has 0 aromatic heterocycles. The molecule has 0 aliphatic carbocycles. The average molecular weight is 253 g/mol. The van der Waals surface area contributed by atoms with E-state index in [0.29, 0.717) is 12.2 Å². The van der Waals surface area contributed by atoms with Crippen molar-refractivity contribution in [2.75, 3.05) is 7.11 Å². The van der Waals surface area contributed by atoms with Gasteiger partial charge in [0.25, 0.3) is 0 Å². The monoisotopic (exact) mass is 253 g/mol. The third-order valence-corrected chi connectivity index (χ3v) is 2.35. The molecule has 98 valence electrons. The van der Waals surface area contributed by atoms with Crippen molar-refractivity contribution in [1.29, 1.82) is 5.41 Å². The molecule has 1 atom stereocenters. The Morgan fingerprint density at radius 2 is 2.28 bits per heavy atom. The first-order chi connectivity index (χ1) is 8.49. The molecule has 1 rings (SSSR count). The van der Waals surface area contributed by atoms with Crippen LogP contribution in [0, 0.1) is 15.5 Å². The van der Waals surface area contributed by atoms with Gasteiger partial charge in [0.2, 0.25) is 0 Å². The standard InChI is InChI=1S/C11H15N3O4/c1-3-9(11(12)13)18-10-5-4-7(17-2)6-8(10)14(15)16/h4-6,9H,3H2,1-2H3,(H3,12,13). The number of benzene rings is 1. The molecule has 3 N–H and O–H groups in total. The smallest absolute Gasteiger partial charge is 0.314 e. The van der Waals surface area contributed by atoms with Gasteiger partial charge in [0.1, 0.15) is 11.6 Å². The summed E-state index contributed by atoms with van der Waals surface area (Å²) >= 11 is 0. The van der Waals surface area contributed by atoms with E-state index in [4.69, 9.17) is 20.6 Å². The van der Waals surface area contributed by atoms with Crippen LogP contribution in [0.5, 0.6) is 11.5 Å². The highest BCUT2D eigenvalue weighted by Gasteiger charge is 2.20. The number of amidine groups is 1. The van der Waals surface area contributed by atoms with Crippen LogP contribution < -0.4 is 15.2 Å². The van der Waals surface area contributed by atoms with Crippen molar-refractivity contribution in [2.45, 2.75) is 19.4 Å². The lowest BCUT2D eigenvalue weighted by atomic mass is 10.2. The number of hydrogen-bond acceptors (Lipinski definition) is 5. The van der Waals surface area contributed by atoms with Crippen LogP contribution in [0.4, 0.5) is 5.69 Å². The number of nitrogens with two attached hydrogens (primary N) is 1. The van der Waals surface area contributed by atoms with E-state index >= 15 is 0 Å². The number of nitro groups is 1. The molecular formula is C11H15N3O4. The Bertz CT molecular complexity index is 462. The Hall–Kier alpha value is -2.31. The molecule has 0 aliphatic heterocycles. The number of nitro benzene ring substituents is 1. The first-order valence-corrected chi connectivity index (χ1v) is 5.32. The highest BCUT2D eigenvalue weighted by Crippen LogP contribution is 2.31. The normalized spacial score (nSPS) is 11.7. The van der Waals surface area contributed by atoms with Gasteiger partial charge in [-0.2, -0.15) is 0 Å². The molecule has 0 aliphatic rings. The maximum absolute atomic E-state index is 10.9. The van der Waals surface area contributed by atoms with Gasteiger partial charge in [-0.1, -0.05) is 6.92 Å². The van der Waals surface area contributed by atoms with Gasteiger partial charge in [-0.15, -0.1) is 0 Å². The maximum atomic E-state index is 10.9. The fraction of sp³-hybridized carbons (Fsp3) is 0.364. The molecule has 0 bridgehead atoms. The molecule has 0 saturated heterocycles. The summed E-state index contributed by atoms with van der Waals surface area (Å²) in [6.07, 6.45) is -0.212. The van der Waals surface area contributed by atoms with Crippen molar-refractivity contribution in [3.8, 4) is 11.5 Å². The van der Waals surface area contributed by atoms with Gasteiger partial charge in [-0.05, 0) is 18.6 Å². The number of nitrogens with zero attached hydrogens (tertiary/aromatic N) is 1. The molecule has 18 heavy (non-hydrogen) atoms. The third-order valence-electron chi connectivity index (χ3n) is 2.35. The minimum absolute atomic E-state index is 0.0721. The largest absolute Gasteiger partial charge is 0.496 e. The van der Waals surface area contributed by atoms with Gasteiger partial charge >= 0.3 is 5.69 Å². The average Bonchev–Trinajstić information content (AvgIpc) is 2.35. The van der Waals surface area contributed by atoms with Gasteiger partial charge in [0, 0.05) is 0 Å². The number of rotatable bonds is 6. The second-order valence-electron chi connectivity index (χ2n) is 3.56. The SMILES string of the molecule is CCC(Oc1ccc(OC)cc1[N+](=O)[O-])C(=N)N. The third kappa shape index (κ3) is 3.09. The molecule has 7 nitrogen and oxygen atoms in total. The molecule has 0 heterocycles. The number of nitrogens with one attached hydrogen (secondary N) is 1. The molecule has 7 heteroatoms. The van der Waals surface area contributed by atoms with Crippen LogP contribution in [-0.2, 0) is 0 Å². The van der Waals surface area contributed by atoms with E-state index < -0.39 is 11.0 Å². The topological polar surface area (TPSA) is 111 Å². The zero-order chi connectivity index (χ0) is 13.7. The zero-order valence-corrected chi connectivity index (χ0v) is 10.2. The van der Waals surface area contributed by atoms with Gasteiger partial charge in [0.15, 0.2) is 11.9 Å². The van der Waals surface area contributed by atoms with Crippen LogP contribution in [0.3, 0.4) is 0 Å². The Balaban J connectivity index is 3.08. The number of hydrogen-bond donors (Lipinski definition) is 2. The highest BCUT2D eigenvalue weighted by molar-refractivity contribution is 5.82. The van der Waals surface area contributed by atoms with E-state index in [1.54, 1.807) is 13.0 Å². The second-order valence-corrected chi connectivity index (χ2v) is 3.56. The van der Waals surface area contributed by atoms with E-state index in [2.05, 4.69) is 0 Å². The molecule has 0 amide bonds. The van der Waals surface area contributed by atoms with Crippen molar-refractivity contribution in [1.82, 2.24) is 0 Å². The van der Waals surface area contributed by atoms with E-state index in [1.165, 1.54) is 19.2 Å². The molecule has 0 fully saturated rings. The minimum Gasteiger partial charge on any atom is -0.496 e. The summed E-state index contributed by atoms with van der Waals surface area (Å²) in [6, 6.07) is 4.25. The van der Waals surface area contributed by atoms with Gasteiger partial charge < -0.3 is 15.2 Å². The van der Waals surface area contributed by atoms with Crippen LogP contribution in [0.2, 0.25) is 0 Å². The van der Waals surface area contributed by atoms with Crippen molar-refractivity contribution in [3.63, 3.8) is 0 Å². The van der Waals surface area contributed by atoms with Crippen LogP contribution in [0.15, 0.2) is 18.2 Å². The van der Waals surface area contributed by atoms with E-state index in [9.17, 15) is 10.1 Å². The summed E-state index contributed by atoms with van der Waals surface area (Å²) in [7, 11) is 1.42. The second kappa shape index (κ2) is 5.85. The van der Waals surface area contributed by atoms with Gasteiger partial charge in [0.05, 0.1) is 18.1 Å². The van der Waals surface area contributed by atoms with Crippen molar-refractivity contribution < 1.29 is 14.4 Å². The quantitative estimate of drug-likeness (QED) is 0.347. The zero-order valence-electron chi connectivity index (χ0n) is 10.2. The van der Waals surface area contributed by atoms with Crippen molar-refractivity contribution in [3.05, 3.63) is 28.3 Å².